The molecular formula is C17H16FN3O. The molecule has 0 saturated heterocycles. The first-order valence-corrected chi connectivity index (χ1v) is 7.03. The molecule has 112 valence electrons. The van der Waals surface area contributed by atoms with Gasteiger partial charge in [0, 0.05) is 12.1 Å². The van der Waals surface area contributed by atoms with Gasteiger partial charge in [0.25, 0.3) is 0 Å². The van der Waals surface area contributed by atoms with E-state index >= 15 is 0 Å². The van der Waals surface area contributed by atoms with Gasteiger partial charge in [-0.05, 0) is 54.8 Å². The zero-order valence-corrected chi connectivity index (χ0v) is 12.4. The number of aromatic nitrogens is 2. The van der Waals surface area contributed by atoms with Gasteiger partial charge in [-0.15, -0.1) is 0 Å². The maximum Gasteiger partial charge on any atom is 0.205 e. The monoisotopic (exact) mass is 297 g/mol. The van der Waals surface area contributed by atoms with Crippen LogP contribution in [0.4, 0.5) is 16.0 Å². The van der Waals surface area contributed by atoms with E-state index in [0.717, 1.165) is 39.7 Å². The fourth-order valence-corrected chi connectivity index (χ4v) is 2.53. The summed E-state index contributed by atoms with van der Waals surface area (Å²) in [5.74, 6) is 0.332. The second-order valence-electron chi connectivity index (χ2n) is 5.35. The topological polar surface area (TPSA) is 57.8 Å². The van der Waals surface area contributed by atoms with Gasteiger partial charge >= 0.3 is 0 Å². The summed E-state index contributed by atoms with van der Waals surface area (Å²) in [6.07, 6.45) is 1.27. The molecule has 0 radical (unpaired) electrons. The molecule has 3 aromatic rings. The maximum absolute atomic E-state index is 13.1. The molecule has 4 nitrogen and oxygen atoms in total. The summed E-state index contributed by atoms with van der Waals surface area (Å²) in [7, 11) is 0. The van der Waals surface area contributed by atoms with E-state index in [9.17, 15) is 9.18 Å². The number of carbonyl (C=O) groups excluding carboxylic acids is 1. The normalized spacial score (nSPS) is 10.9. The van der Waals surface area contributed by atoms with Crippen molar-refractivity contribution < 1.29 is 9.18 Å². The van der Waals surface area contributed by atoms with Crippen molar-refractivity contribution in [1.29, 1.82) is 0 Å². The van der Waals surface area contributed by atoms with Crippen LogP contribution in [0.2, 0.25) is 0 Å². The van der Waals surface area contributed by atoms with Crippen LogP contribution in [0.25, 0.3) is 11.0 Å². The number of H-pyrrole nitrogens is 1. The molecule has 2 aromatic carbocycles. The number of aryl methyl sites for hydroxylation is 2. The Bertz CT molecular complexity index is 854. The Balaban J connectivity index is 1.98. The van der Waals surface area contributed by atoms with Gasteiger partial charge in [0.2, 0.25) is 5.95 Å². The first kappa shape index (κ1) is 14.3. The molecule has 2 N–H and O–H groups in total. The van der Waals surface area contributed by atoms with Gasteiger partial charge in [0.05, 0.1) is 11.0 Å². The van der Waals surface area contributed by atoms with Gasteiger partial charge in [-0.1, -0.05) is 6.07 Å². The molecule has 22 heavy (non-hydrogen) atoms. The molecule has 0 bridgehead atoms. The van der Waals surface area contributed by atoms with Crippen LogP contribution in [0.3, 0.4) is 0 Å². The highest BCUT2D eigenvalue weighted by Crippen LogP contribution is 2.24. The van der Waals surface area contributed by atoms with E-state index in [0.29, 0.717) is 12.4 Å². The standard InChI is InChI=1S/C17H16FN3O/c1-10-8-13(18)3-4-14(10)19-17-20-15-9-12(5-6-22)7-11(2)16(15)21-17/h3-4,6-9H,5H2,1-2H3,(H2,19,20,21). The van der Waals surface area contributed by atoms with Crippen LogP contribution in [-0.4, -0.2) is 16.3 Å². The number of hydrogen-bond donors (Lipinski definition) is 2. The minimum absolute atomic E-state index is 0.262. The molecule has 0 fully saturated rings. The molecule has 0 unspecified atom stereocenters. The van der Waals surface area contributed by atoms with Crippen molar-refractivity contribution >= 4 is 29.0 Å². The van der Waals surface area contributed by atoms with Crippen molar-refractivity contribution in [2.45, 2.75) is 20.3 Å². The quantitative estimate of drug-likeness (QED) is 0.720. The summed E-state index contributed by atoms with van der Waals surface area (Å²) in [5, 5.41) is 3.16. The third-order valence-electron chi connectivity index (χ3n) is 3.60. The highest BCUT2D eigenvalue weighted by atomic mass is 19.1. The number of nitrogens with zero attached hydrogens (tertiary/aromatic N) is 1. The number of imidazole rings is 1. The molecule has 0 spiro atoms. The Morgan fingerprint density at radius 2 is 2.05 bits per heavy atom. The predicted octanol–water partition coefficient (Wildman–Crippen LogP) is 3.80. The number of carbonyl (C=O) groups is 1. The average Bonchev–Trinajstić information content (AvgIpc) is 2.85. The van der Waals surface area contributed by atoms with Crippen molar-refractivity contribution in [3.63, 3.8) is 0 Å². The van der Waals surface area contributed by atoms with Gasteiger partial charge in [0.15, 0.2) is 0 Å². The molecule has 0 atom stereocenters. The van der Waals surface area contributed by atoms with Gasteiger partial charge in [-0.25, -0.2) is 9.37 Å². The van der Waals surface area contributed by atoms with Crippen molar-refractivity contribution in [3.05, 3.63) is 52.8 Å². The van der Waals surface area contributed by atoms with E-state index in [1.54, 1.807) is 6.07 Å². The lowest BCUT2D eigenvalue weighted by atomic mass is 10.1. The molecule has 5 heteroatoms. The fraction of sp³-hybridized carbons (Fsp3) is 0.176. The zero-order valence-electron chi connectivity index (χ0n) is 12.4. The first-order valence-electron chi connectivity index (χ1n) is 7.03. The Morgan fingerprint density at radius 1 is 1.23 bits per heavy atom. The number of benzene rings is 2. The van der Waals surface area contributed by atoms with Crippen LogP contribution in [0.15, 0.2) is 30.3 Å². The molecular weight excluding hydrogens is 281 g/mol. The summed E-state index contributed by atoms with van der Waals surface area (Å²) in [5.41, 5.74) is 5.30. The largest absolute Gasteiger partial charge is 0.326 e. The van der Waals surface area contributed by atoms with Gasteiger partial charge in [0.1, 0.15) is 12.1 Å². The lowest BCUT2D eigenvalue weighted by Gasteiger charge is -2.06. The summed E-state index contributed by atoms with van der Waals surface area (Å²) in [4.78, 5) is 18.4. The second-order valence-corrected chi connectivity index (χ2v) is 5.35. The Labute approximate surface area is 127 Å². The third kappa shape index (κ3) is 2.70. The smallest absolute Gasteiger partial charge is 0.205 e. The number of halogens is 1. The number of aldehydes is 1. The Hall–Kier alpha value is -2.69. The molecule has 1 aromatic heterocycles. The van der Waals surface area contributed by atoms with Crippen molar-refractivity contribution in [3.8, 4) is 0 Å². The molecule has 0 amide bonds. The van der Waals surface area contributed by atoms with Crippen LogP contribution in [0, 0.1) is 19.7 Å². The van der Waals surface area contributed by atoms with Gasteiger partial charge in [-0.2, -0.15) is 0 Å². The number of anilines is 2. The van der Waals surface area contributed by atoms with Crippen LogP contribution >= 0.6 is 0 Å². The molecule has 3 rings (SSSR count). The van der Waals surface area contributed by atoms with E-state index in [1.165, 1.54) is 12.1 Å². The highest BCUT2D eigenvalue weighted by molar-refractivity contribution is 5.83. The highest BCUT2D eigenvalue weighted by Gasteiger charge is 2.08. The second kappa shape index (κ2) is 5.60. The van der Waals surface area contributed by atoms with E-state index in [-0.39, 0.29) is 5.82 Å². The van der Waals surface area contributed by atoms with Crippen LogP contribution in [0.5, 0.6) is 0 Å². The van der Waals surface area contributed by atoms with Gasteiger partial charge in [-0.3, -0.25) is 0 Å². The van der Waals surface area contributed by atoms with Crippen LogP contribution in [-0.2, 0) is 11.2 Å². The maximum atomic E-state index is 13.1. The Kier molecular flexibility index (Phi) is 3.63. The lowest BCUT2D eigenvalue weighted by molar-refractivity contribution is -0.107. The predicted molar refractivity (Wildman–Crippen MR) is 85.0 cm³/mol. The van der Waals surface area contributed by atoms with Gasteiger partial charge < -0.3 is 15.1 Å². The SMILES string of the molecule is Cc1cc(F)ccc1Nc1nc2c(C)cc(CC=O)cc2[nH]1. The van der Waals surface area contributed by atoms with E-state index in [1.807, 2.05) is 26.0 Å². The van der Waals surface area contributed by atoms with Crippen molar-refractivity contribution in [2.75, 3.05) is 5.32 Å². The van der Waals surface area contributed by atoms with Crippen molar-refractivity contribution in [2.24, 2.45) is 0 Å². The molecule has 0 saturated carbocycles. The molecule has 0 aliphatic heterocycles. The van der Waals surface area contributed by atoms with E-state index < -0.39 is 0 Å². The van der Waals surface area contributed by atoms with Crippen LogP contribution < -0.4 is 5.32 Å². The molecule has 1 heterocycles. The summed E-state index contributed by atoms with van der Waals surface area (Å²) < 4.78 is 13.1. The lowest BCUT2D eigenvalue weighted by Crippen LogP contribution is -1.95. The number of aromatic amines is 1. The summed E-state index contributed by atoms with van der Waals surface area (Å²) in [6, 6.07) is 8.45. The molecule has 0 aliphatic rings. The number of hydrogen-bond acceptors (Lipinski definition) is 3. The Morgan fingerprint density at radius 3 is 2.77 bits per heavy atom. The number of fused-ring (bicyclic) bond motifs is 1. The number of rotatable bonds is 4. The molecule has 0 aliphatic carbocycles. The third-order valence-corrected chi connectivity index (χ3v) is 3.60. The first-order chi connectivity index (χ1) is 10.6. The number of nitrogens with one attached hydrogen (secondary N) is 2. The van der Waals surface area contributed by atoms with Crippen LogP contribution in [0.1, 0.15) is 16.7 Å². The van der Waals surface area contributed by atoms with E-state index in [4.69, 9.17) is 0 Å². The average molecular weight is 297 g/mol. The summed E-state index contributed by atoms with van der Waals surface area (Å²) in [6.45, 7) is 3.80. The van der Waals surface area contributed by atoms with E-state index in [2.05, 4.69) is 15.3 Å². The minimum Gasteiger partial charge on any atom is -0.326 e. The van der Waals surface area contributed by atoms with Crippen molar-refractivity contribution in [1.82, 2.24) is 9.97 Å². The fourth-order valence-electron chi connectivity index (χ4n) is 2.53. The minimum atomic E-state index is -0.262. The zero-order chi connectivity index (χ0) is 15.7. The summed E-state index contributed by atoms with van der Waals surface area (Å²) >= 11 is 0.